The topological polar surface area (TPSA) is 44.8 Å². The van der Waals surface area contributed by atoms with Crippen molar-refractivity contribution in [2.24, 2.45) is 11.8 Å². The molecule has 1 heterocycles. The predicted molar refractivity (Wildman–Crippen MR) is 91.3 cm³/mol. The maximum atomic E-state index is 12.9. The highest BCUT2D eigenvalue weighted by atomic mass is 16.5. The summed E-state index contributed by atoms with van der Waals surface area (Å²) in [6, 6.07) is 17.1. The summed E-state index contributed by atoms with van der Waals surface area (Å²) in [5.74, 6) is 0.610. The van der Waals surface area contributed by atoms with Gasteiger partial charge in [0.2, 0.25) is 0 Å². The van der Waals surface area contributed by atoms with Crippen LogP contribution >= 0.6 is 0 Å². The molecule has 1 unspecified atom stereocenters. The van der Waals surface area contributed by atoms with Gasteiger partial charge in [0.1, 0.15) is 5.75 Å². The summed E-state index contributed by atoms with van der Waals surface area (Å²) in [7, 11) is 3.31. The number of Topliss-reactive ketones (excluding diaryl/α,β-unsaturated/α-hetero) is 1. The zero-order valence-electron chi connectivity index (χ0n) is 14.0. The van der Waals surface area contributed by atoms with Gasteiger partial charge in [0.05, 0.1) is 32.3 Å². The van der Waals surface area contributed by atoms with E-state index in [2.05, 4.69) is 0 Å². The Morgan fingerprint density at radius 3 is 2.46 bits per heavy atom. The third-order valence-electron chi connectivity index (χ3n) is 4.61. The van der Waals surface area contributed by atoms with Crippen LogP contribution in [0.1, 0.15) is 22.0 Å². The fourth-order valence-corrected chi connectivity index (χ4v) is 3.39. The Balaban J connectivity index is 1.89. The molecule has 0 spiro atoms. The summed E-state index contributed by atoms with van der Waals surface area (Å²) in [6.45, 7) is 0.924. The van der Waals surface area contributed by atoms with Crippen molar-refractivity contribution in [1.82, 2.24) is 0 Å². The lowest BCUT2D eigenvalue weighted by Crippen LogP contribution is -2.28. The monoisotopic (exact) mass is 326 g/mol. The summed E-state index contributed by atoms with van der Waals surface area (Å²) in [4.78, 5) is 12.9. The second-order valence-electron chi connectivity index (χ2n) is 5.94. The highest BCUT2D eigenvalue weighted by Crippen LogP contribution is 2.40. The van der Waals surface area contributed by atoms with Gasteiger partial charge in [-0.3, -0.25) is 4.79 Å². The van der Waals surface area contributed by atoms with Gasteiger partial charge in [-0.1, -0.05) is 48.5 Å². The second-order valence-corrected chi connectivity index (χ2v) is 5.94. The molecule has 0 aromatic heterocycles. The van der Waals surface area contributed by atoms with Gasteiger partial charge in [-0.05, 0) is 6.07 Å². The number of rotatable bonds is 6. The molecule has 126 valence electrons. The van der Waals surface area contributed by atoms with Crippen LogP contribution in [-0.2, 0) is 9.47 Å². The Morgan fingerprint density at radius 2 is 1.75 bits per heavy atom. The van der Waals surface area contributed by atoms with Crippen LogP contribution in [0.5, 0.6) is 5.75 Å². The maximum Gasteiger partial charge on any atom is 0.168 e. The predicted octanol–water partition coefficient (Wildman–Crippen LogP) is 3.53. The van der Waals surface area contributed by atoms with E-state index in [-0.39, 0.29) is 23.7 Å². The van der Waals surface area contributed by atoms with Crippen molar-refractivity contribution in [3.63, 3.8) is 0 Å². The Kier molecular flexibility index (Phi) is 5.28. The van der Waals surface area contributed by atoms with Crippen molar-refractivity contribution in [2.75, 3.05) is 27.4 Å². The first-order valence-electron chi connectivity index (χ1n) is 8.09. The van der Waals surface area contributed by atoms with E-state index in [0.29, 0.717) is 18.8 Å². The number of carbonyl (C=O) groups excluding carboxylic acids is 1. The van der Waals surface area contributed by atoms with Crippen LogP contribution in [0.2, 0.25) is 0 Å². The summed E-state index contributed by atoms with van der Waals surface area (Å²) in [5.41, 5.74) is 1.66. The normalized spacial score (nSPS) is 21.4. The lowest BCUT2D eigenvalue weighted by Gasteiger charge is -2.27. The average Bonchev–Trinajstić information content (AvgIpc) is 3.12. The lowest BCUT2D eigenvalue weighted by atomic mass is 9.82. The van der Waals surface area contributed by atoms with Crippen molar-refractivity contribution in [2.45, 2.75) is 6.10 Å². The van der Waals surface area contributed by atoms with Gasteiger partial charge in [0, 0.05) is 24.2 Å². The molecule has 1 aliphatic heterocycles. The van der Waals surface area contributed by atoms with Crippen molar-refractivity contribution >= 4 is 5.78 Å². The number of hydrogen-bond donors (Lipinski definition) is 0. The number of para-hydroxylation sites is 1. The maximum absolute atomic E-state index is 12.9. The van der Waals surface area contributed by atoms with Gasteiger partial charge in [0.15, 0.2) is 5.78 Å². The van der Waals surface area contributed by atoms with Crippen LogP contribution in [0.15, 0.2) is 54.6 Å². The molecule has 0 N–H and O–H groups in total. The molecule has 0 saturated carbocycles. The quantitative estimate of drug-likeness (QED) is 0.762. The molecular weight excluding hydrogens is 304 g/mol. The number of methoxy groups -OCH3 is 2. The first kappa shape index (κ1) is 16.7. The summed E-state index contributed by atoms with van der Waals surface area (Å²) < 4.78 is 16.9. The van der Waals surface area contributed by atoms with Crippen LogP contribution in [0, 0.1) is 11.8 Å². The fourth-order valence-electron chi connectivity index (χ4n) is 3.39. The van der Waals surface area contributed by atoms with Crippen LogP contribution in [0.25, 0.3) is 0 Å². The van der Waals surface area contributed by atoms with Crippen LogP contribution in [0.4, 0.5) is 0 Å². The van der Waals surface area contributed by atoms with Crippen LogP contribution in [0.3, 0.4) is 0 Å². The lowest BCUT2D eigenvalue weighted by molar-refractivity contribution is 0.0312. The van der Waals surface area contributed by atoms with Crippen molar-refractivity contribution in [3.05, 3.63) is 65.7 Å². The molecule has 2 aromatic rings. The second kappa shape index (κ2) is 7.60. The molecule has 3 atom stereocenters. The largest absolute Gasteiger partial charge is 0.496 e. The molecule has 3 rings (SSSR count). The molecule has 24 heavy (non-hydrogen) atoms. The molecular formula is C20H22O4. The smallest absolute Gasteiger partial charge is 0.168 e. The van der Waals surface area contributed by atoms with Crippen molar-refractivity contribution < 1.29 is 19.0 Å². The molecule has 0 amide bonds. The molecule has 1 saturated heterocycles. The molecule has 4 heteroatoms. The number of hydrogen-bond acceptors (Lipinski definition) is 4. The van der Waals surface area contributed by atoms with E-state index in [1.807, 2.05) is 54.6 Å². The summed E-state index contributed by atoms with van der Waals surface area (Å²) in [5, 5.41) is 0. The average molecular weight is 326 g/mol. The molecule has 2 aromatic carbocycles. The van der Waals surface area contributed by atoms with Gasteiger partial charge in [-0.2, -0.15) is 0 Å². The first-order chi connectivity index (χ1) is 11.8. The number of carbonyl (C=O) groups is 1. The van der Waals surface area contributed by atoms with Crippen molar-refractivity contribution in [1.29, 1.82) is 0 Å². The number of ether oxygens (including phenoxy) is 3. The van der Waals surface area contributed by atoms with Crippen molar-refractivity contribution in [3.8, 4) is 5.75 Å². The van der Waals surface area contributed by atoms with Gasteiger partial charge >= 0.3 is 0 Å². The third-order valence-corrected chi connectivity index (χ3v) is 4.61. The van der Waals surface area contributed by atoms with E-state index in [1.165, 1.54) is 0 Å². The van der Waals surface area contributed by atoms with Gasteiger partial charge < -0.3 is 14.2 Å². The highest BCUT2D eigenvalue weighted by molar-refractivity contribution is 5.98. The van der Waals surface area contributed by atoms with Gasteiger partial charge in [-0.15, -0.1) is 0 Å². The SMILES string of the molecule is COc1ccccc1C(OC)[C@@H]1COC[C@H]1C(=O)c1ccccc1. The zero-order chi connectivity index (χ0) is 16.9. The Labute approximate surface area is 142 Å². The van der Waals surface area contributed by atoms with E-state index < -0.39 is 0 Å². The fraction of sp³-hybridized carbons (Fsp3) is 0.350. The molecule has 0 aliphatic carbocycles. The van der Waals surface area contributed by atoms with E-state index in [1.54, 1.807) is 14.2 Å². The third kappa shape index (κ3) is 3.21. The first-order valence-corrected chi connectivity index (χ1v) is 8.09. The van der Waals surface area contributed by atoms with E-state index in [9.17, 15) is 4.79 Å². The van der Waals surface area contributed by atoms with E-state index in [0.717, 1.165) is 11.3 Å². The summed E-state index contributed by atoms with van der Waals surface area (Å²) in [6.07, 6.45) is -0.249. The molecule has 1 fully saturated rings. The Hall–Kier alpha value is -2.17. The zero-order valence-corrected chi connectivity index (χ0v) is 14.0. The number of ketones is 1. The molecule has 0 radical (unpaired) electrons. The van der Waals surface area contributed by atoms with Crippen LogP contribution in [-0.4, -0.2) is 33.2 Å². The highest BCUT2D eigenvalue weighted by Gasteiger charge is 2.41. The Morgan fingerprint density at radius 1 is 1.04 bits per heavy atom. The standard InChI is InChI=1S/C20H22O4/c1-22-18-11-7-6-10-15(18)20(23-2)17-13-24-12-16(17)19(21)14-8-4-3-5-9-14/h3-11,16-17,20H,12-13H2,1-2H3/t16-,17-,20?/m1/s1. The van der Waals surface area contributed by atoms with Crippen LogP contribution < -0.4 is 4.74 Å². The molecule has 0 bridgehead atoms. The summed E-state index contributed by atoms with van der Waals surface area (Å²) >= 11 is 0. The Bertz CT molecular complexity index is 683. The van der Waals surface area contributed by atoms with Gasteiger partial charge in [-0.25, -0.2) is 0 Å². The molecule has 1 aliphatic rings. The minimum absolute atomic E-state index is 0.0426. The van der Waals surface area contributed by atoms with Gasteiger partial charge in [0.25, 0.3) is 0 Å². The number of benzene rings is 2. The van der Waals surface area contributed by atoms with E-state index >= 15 is 0 Å². The molecule has 4 nitrogen and oxygen atoms in total. The minimum Gasteiger partial charge on any atom is -0.496 e. The van der Waals surface area contributed by atoms with E-state index in [4.69, 9.17) is 14.2 Å². The minimum atomic E-state index is -0.249.